The van der Waals surface area contributed by atoms with E-state index in [0.717, 1.165) is 35.9 Å². The Morgan fingerprint density at radius 3 is 2.52 bits per heavy atom. The highest BCUT2D eigenvalue weighted by Crippen LogP contribution is 2.47. The van der Waals surface area contributed by atoms with Crippen LogP contribution >= 0.6 is 0 Å². The van der Waals surface area contributed by atoms with E-state index in [2.05, 4.69) is 40.8 Å². The Labute approximate surface area is 192 Å². The number of aldehydes is 1. The Morgan fingerprint density at radius 1 is 1.03 bits per heavy atom. The van der Waals surface area contributed by atoms with Crippen molar-refractivity contribution in [2.45, 2.75) is 31.6 Å². The first-order chi connectivity index (χ1) is 16.2. The fourth-order valence-corrected chi connectivity index (χ4v) is 4.77. The van der Waals surface area contributed by atoms with Crippen LogP contribution in [0.5, 0.6) is 5.75 Å². The second kappa shape index (κ2) is 8.94. The predicted octanol–water partition coefficient (Wildman–Crippen LogP) is 5.28. The molecule has 0 saturated heterocycles. The molecule has 5 heteroatoms. The fourth-order valence-electron chi connectivity index (χ4n) is 4.77. The zero-order valence-corrected chi connectivity index (χ0v) is 18.2. The van der Waals surface area contributed by atoms with E-state index in [9.17, 15) is 9.59 Å². The summed E-state index contributed by atoms with van der Waals surface area (Å²) in [6.07, 6.45) is 6.10. The first-order valence-corrected chi connectivity index (χ1v) is 11.2. The molecule has 166 valence electrons. The number of aliphatic carboxylic acids is 1. The van der Waals surface area contributed by atoms with Gasteiger partial charge in [-0.05, 0) is 58.7 Å². The minimum absolute atomic E-state index is 0.281. The molecule has 2 aromatic carbocycles. The van der Waals surface area contributed by atoms with Crippen LogP contribution in [-0.2, 0) is 22.4 Å². The quantitative estimate of drug-likeness (QED) is 0.360. The number of carbonyl (C=O) groups excluding carboxylic acids is 1. The fraction of sp³-hybridized carbons (Fsp3) is 0.214. The number of ether oxygens (including phenoxy) is 1. The van der Waals surface area contributed by atoms with Gasteiger partial charge in [-0.15, -0.1) is 0 Å². The third-order valence-corrected chi connectivity index (χ3v) is 6.25. The largest absolute Gasteiger partial charge is 0.480 e. The summed E-state index contributed by atoms with van der Waals surface area (Å²) >= 11 is 0. The van der Waals surface area contributed by atoms with Crippen molar-refractivity contribution in [1.82, 2.24) is 4.40 Å². The van der Waals surface area contributed by atoms with E-state index in [-0.39, 0.29) is 6.42 Å². The highest BCUT2D eigenvalue weighted by atomic mass is 16.5. The summed E-state index contributed by atoms with van der Waals surface area (Å²) in [5, 5.41) is 9.12. The molecule has 5 nitrogen and oxygen atoms in total. The number of benzene rings is 2. The molecule has 4 aromatic rings. The maximum Gasteiger partial charge on any atom is 0.341 e. The highest BCUT2D eigenvalue weighted by molar-refractivity contribution is 5.77. The molecule has 0 radical (unpaired) electrons. The van der Waals surface area contributed by atoms with Crippen molar-refractivity contribution < 1.29 is 19.4 Å². The summed E-state index contributed by atoms with van der Waals surface area (Å²) in [7, 11) is 0. The van der Waals surface area contributed by atoms with Crippen LogP contribution in [0, 0.1) is 0 Å². The molecule has 0 aliphatic heterocycles. The van der Waals surface area contributed by atoms with Crippen molar-refractivity contribution in [2.24, 2.45) is 0 Å². The minimum atomic E-state index is -1.03. The van der Waals surface area contributed by atoms with Crippen molar-refractivity contribution in [1.29, 1.82) is 0 Å². The molecule has 1 aliphatic rings. The molecule has 0 unspecified atom stereocenters. The third-order valence-electron chi connectivity index (χ3n) is 6.25. The zero-order chi connectivity index (χ0) is 22.8. The minimum Gasteiger partial charge on any atom is -0.480 e. The average molecular weight is 440 g/mol. The predicted molar refractivity (Wildman–Crippen MR) is 127 cm³/mol. The monoisotopic (exact) mass is 439 g/mol. The molecular formula is C28H25NO4. The van der Waals surface area contributed by atoms with Gasteiger partial charge in [-0.2, -0.15) is 0 Å². The Hall–Kier alpha value is -3.86. The first kappa shape index (κ1) is 21.0. The lowest BCUT2D eigenvalue weighted by Crippen LogP contribution is -2.10. The molecule has 2 aromatic heterocycles. The van der Waals surface area contributed by atoms with Crippen molar-refractivity contribution in [3.05, 3.63) is 95.3 Å². The van der Waals surface area contributed by atoms with Crippen molar-refractivity contribution in [3.8, 4) is 16.9 Å². The van der Waals surface area contributed by atoms with Gasteiger partial charge in [-0.1, -0.05) is 54.6 Å². The molecule has 33 heavy (non-hydrogen) atoms. The molecule has 1 saturated carbocycles. The topological polar surface area (TPSA) is 68.0 Å². The summed E-state index contributed by atoms with van der Waals surface area (Å²) in [5.74, 6) is -0.104. The number of nitrogens with zero attached hydrogens (tertiary/aromatic N) is 1. The van der Waals surface area contributed by atoms with Crippen LogP contribution in [-0.4, -0.2) is 28.4 Å². The Bertz CT molecular complexity index is 1320. The lowest BCUT2D eigenvalue weighted by atomic mass is 9.94. The number of carbonyl (C=O) groups is 2. The van der Waals surface area contributed by atoms with Crippen molar-refractivity contribution in [3.63, 3.8) is 0 Å². The molecule has 0 bridgehead atoms. The van der Waals surface area contributed by atoms with Crippen LogP contribution in [0.15, 0.2) is 72.9 Å². The SMILES string of the molecule is O=CCc1c(C2CC2)c(Cc2ccccc2-c2ccccc2)n2cccc(OCC(=O)O)c12. The van der Waals surface area contributed by atoms with Crippen molar-refractivity contribution in [2.75, 3.05) is 6.61 Å². The average Bonchev–Trinajstić information content (AvgIpc) is 3.63. The van der Waals surface area contributed by atoms with Gasteiger partial charge in [0, 0.05) is 24.7 Å². The molecule has 1 aliphatic carbocycles. The van der Waals surface area contributed by atoms with Crippen LogP contribution in [0.4, 0.5) is 0 Å². The van der Waals surface area contributed by atoms with Gasteiger partial charge in [0.15, 0.2) is 6.61 Å². The van der Waals surface area contributed by atoms with E-state index in [4.69, 9.17) is 9.84 Å². The molecule has 1 N–H and O–H groups in total. The lowest BCUT2D eigenvalue weighted by Gasteiger charge is -2.13. The summed E-state index contributed by atoms with van der Waals surface area (Å²) < 4.78 is 7.75. The normalized spacial score (nSPS) is 13.2. The van der Waals surface area contributed by atoms with Gasteiger partial charge in [-0.25, -0.2) is 4.79 Å². The molecule has 0 atom stereocenters. The van der Waals surface area contributed by atoms with Gasteiger partial charge in [0.25, 0.3) is 0 Å². The summed E-state index contributed by atoms with van der Waals surface area (Å²) in [6.45, 7) is -0.420. The summed E-state index contributed by atoms with van der Waals surface area (Å²) in [5.41, 5.74) is 7.69. The highest BCUT2D eigenvalue weighted by Gasteiger charge is 2.33. The van der Waals surface area contributed by atoms with Crippen LogP contribution in [0.3, 0.4) is 0 Å². The van der Waals surface area contributed by atoms with Gasteiger partial charge in [0.05, 0.1) is 5.52 Å². The number of hydrogen-bond acceptors (Lipinski definition) is 3. The van der Waals surface area contributed by atoms with Gasteiger partial charge in [0.2, 0.25) is 0 Å². The van der Waals surface area contributed by atoms with E-state index >= 15 is 0 Å². The Balaban J connectivity index is 1.68. The Kier molecular flexibility index (Phi) is 5.69. The van der Waals surface area contributed by atoms with Crippen LogP contribution in [0.1, 0.15) is 41.1 Å². The number of rotatable bonds is 9. The number of carboxylic acids is 1. The second-order valence-electron chi connectivity index (χ2n) is 8.46. The van der Waals surface area contributed by atoms with Gasteiger partial charge in [0.1, 0.15) is 12.0 Å². The summed E-state index contributed by atoms with van der Waals surface area (Å²) in [6, 6.07) is 22.4. The molecule has 2 heterocycles. The number of pyridine rings is 1. The number of aromatic nitrogens is 1. The second-order valence-corrected chi connectivity index (χ2v) is 8.46. The van der Waals surface area contributed by atoms with Gasteiger partial charge >= 0.3 is 5.97 Å². The van der Waals surface area contributed by atoms with E-state index in [1.807, 2.05) is 30.5 Å². The number of hydrogen-bond donors (Lipinski definition) is 1. The van der Waals surface area contributed by atoms with Crippen LogP contribution in [0.2, 0.25) is 0 Å². The van der Waals surface area contributed by atoms with Crippen molar-refractivity contribution >= 4 is 17.8 Å². The maximum absolute atomic E-state index is 11.7. The van der Waals surface area contributed by atoms with Gasteiger partial charge in [-0.3, -0.25) is 0 Å². The van der Waals surface area contributed by atoms with Crippen LogP contribution < -0.4 is 4.74 Å². The summed E-state index contributed by atoms with van der Waals surface area (Å²) in [4.78, 5) is 22.8. The lowest BCUT2D eigenvalue weighted by molar-refractivity contribution is -0.139. The van der Waals surface area contributed by atoms with Crippen LogP contribution in [0.25, 0.3) is 16.6 Å². The Morgan fingerprint density at radius 2 is 1.79 bits per heavy atom. The van der Waals surface area contributed by atoms with E-state index in [0.29, 0.717) is 18.1 Å². The van der Waals surface area contributed by atoms with Gasteiger partial charge < -0.3 is 19.0 Å². The number of carboxylic acid groups (broad SMARTS) is 1. The molecule has 1 fully saturated rings. The third kappa shape index (κ3) is 4.14. The molecule has 0 spiro atoms. The van der Waals surface area contributed by atoms with E-state index < -0.39 is 12.6 Å². The zero-order valence-electron chi connectivity index (χ0n) is 18.2. The van der Waals surface area contributed by atoms with E-state index in [1.165, 1.54) is 22.3 Å². The smallest absolute Gasteiger partial charge is 0.341 e. The maximum atomic E-state index is 11.7. The van der Waals surface area contributed by atoms with E-state index in [1.54, 1.807) is 6.07 Å². The first-order valence-electron chi connectivity index (χ1n) is 11.2. The standard InChI is InChI=1S/C28H25NO4/c30-16-14-23-27(20-12-13-20)24(29-15-6-11-25(28(23)29)33-18-26(31)32)17-21-9-4-5-10-22(21)19-7-2-1-3-8-19/h1-11,15-16,20H,12-14,17-18H2,(H,31,32). The molecule has 5 rings (SSSR count). The number of fused-ring (bicyclic) bond motifs is 1. The molecule has 0 amide bonds. The molecular weight excluding hydrogens is 414 g/mol.